The number of carbonyl (C=O) groups excluding carboxylic acids is 2. The Labute approximate surface area is 161 Å². The van der Waals surface area contributed by atoms with Gasteiger partial charge in [0.05, 0.1) is 5.56 Å². The second kappa shape index (κ2) is 7.18. The van der Waals surface area contributed by atoms with Crippen LogP contribution < -0.4 is 5.32 Å². The van der Waals surface area contributed by atoms with Gasteiger partial charge in [0.1, 0.15) is 5.60 Å². The molecular weight excluding hydrogens is 375 g/mol. The minimum absolute atomic E-state index is 0.172. The molecule has 2 aliphatic heterocycles. The van der Waals surface area contributed by atoms with Crippen molar-refractivity contribution >= 4 is 17.8 Å². The Morgan fingerprint density at radius 3 is 1.93 bits per heavy atom. The van der Waals surface area contributed by atoms with Gasteiger partial charge in [-0.25, -0.2) is 9.59 Å². The number of hydrogen-bond donors (Lipinski definition) is 1. The lowest BCUT2D eigenvalue weighted by molar-refractivity contribution is -0.137. The number of benzene rings is 1. The van der Waals surface area contributed by atoms with Crippen LogP contribution in [0, 0.1) is 11.8 Å². The molecule has 1 aromatic carbocycles. The van der Waals surface area contributed by atoms with Crippen molar-refractivity contribution in [2.45, 2.75) is 32.5 Å². The van der Waals surface area contributed by atoms with Crippen molar-refractivity contribution in [2.24, 2.45) is 11.8 Å². The van der Waals surface area contributed by atoms with Crippen LogP contribution in [0.5, 0.6) is 0 Å². The molecular formula is C19H24F3N3O3. The zero-order valence-corrected chi connectivity index (χ0v) is 16.0. The number of fused-ring (bicyclic) bond motifs is 1. The molecule has 2 aliphatic rings. The van der Waals surface area contributed by atoms with Crippen molar-refractivity contribution in [1.82, 2.24) is 9.80 Å². The largest absolute Gasteiger partial charge is 0.444 e. The highest BCUT2D eigenvalue weighted by molar-refractivity contribution is 5.89. The molecule has 0 saturated carbocycles. The fourth-order valence-corrected chi connectivity index (χ4v) is 3.58. The van der Waals surface area contributed by atoms with Gasteiger partial charge < -0.3 is 19.9 Å². The quantitative estimate of drug-likeness (QED) is 0.776. The van der Waals surface area contributed by atoms with Crippen LogP contribution in [-0.2, 0) is 10.9 Å². The van der Waals surface area contributed by atoms with Gasteiger partial charge in [0.2, 0.25) is 0 Å². The number of urea groups is 1. The third-order valence-corrected chi connectivity index (χ3v) is 4.89. The van der Waals surface area contributed by atoms with Crippen LogP contribution >= 0.6 is 0 Å². The lowest BCUT2D eigenvalue weighted by Crippen LogP contribution is -2.39. The molecule has 0 aromatic heterocycles. The molecule has 2 saturated heterocycles. The van der Waals surface area contributed by atoms with Crippen LogP contribution in [0.2, 0.25) is 0 Å². The van der Waals surface area contributed by atoms with Crippen molar-refractivity contribution in [2.75, 3.05) is 31.5 Å². The van der Waals surface area contributed by atoms with Crippen LogP contribution in [0.15, 0.2) is 24.3 Å². The maximum atomic E-state index is 12.6. The predicted octanol–water partition coefficient (Wildman–Crippen LogP) is 4.04. The first-order valence-corrected chi connectivity index (χ1v) is 9.13. The van der Waals surface area contributed by atoms with Gasteiger partial charge in [0.25, 0.3) is 0 Å². The Hall–Kier alpha value is -2.45. The first-order chi connectivity index (χ1) is 12.9. The van der Waals surface area contributed by atoms with E-state index in [1.807, 2.05) is 20.8 Å². The molecule has 2 fully saturated rings. The predicted molar refractivity (Wildman–Crippen MR) is 96.8 cm³/mol. The lowest BCUT2D eigenvalue weighted by atomic mass is 10.0. The van der Waals surface area contributed by atoms with Gasteiger partial charge in [0.15, 0.2) is 0 Å². The number of ether oxygens (including phenoxy) is 1. The minimum atomic E-state index is -4.41. The number of hydrogen-bond acceptors (Lipinski definition) is 3. The van der Waals surface area contributed by atoms with E-state index in [2.05, 4.69) is 5.32 Å². The number of anilines is 1. The second-order valence-electron chi connectivity index (χ2n) is 8.32. The Bertz CT molecular complexity index is 730. The van der Waals surface area contributed by atoms with Crippen molar-refractivity contribution < 1.29 is 27.5 Å². The number of nitrogens with one attached hydrogen (secondary N) is 1. The average Bonchev–Trinajstić information content (AvgIpc) is 3.11. The van der Waals surface area contributed by atoms with Crippen molar-refractivity contribution in [1.29, 1.82) is 0 Å². The lowest BCUT2D eigenvalue weighted by Gasteiger charge is -2.26. The fraction of sp³-hybridized carbons (Fsp3) is 0.579. The van der Waals surface area contributed by atoms with Crippen LogP contribution in [0.3, 0.4) is 0 Å². The van der Waals surface area contributed by atoms with Crippen molar-refractivity contribution in [3.8, 4) is 0 Å². The van der Waals surface area contributed by atoms with E-state index >= 15 is 0 Å². The Balaban J connectivity index is 1.52. The number of halogens is 3. The van der Waals surface area contributed by atoms with E-state index in [-0.39, 0.29) is 24.0 Å². The average molecular weight is 399 g/mol. The molecule has 0 aliphatic carbocycles. The van der Waals surface area contributed by atoms with Crippen LogP contribution in [0.1, 0.15) is 26.3 Å². The monoisotopic (exact) mass is 399 g/mol. The normalized spacial score (nSPS) is 22.2. The van der Waals surface area contributed by atoms with E-state index in [4.69, 9.17) is 4.74 Å². The first kappa shape index (κ1) is 20.3. The summed E-state index contributed by atoms with van der Waals surface area (Å²) in [5.74, 6) is 0.344. The van der Waals surface area contributed by atoms with Crippen molar-refractivity contribution in [3.63, 3.8) is 0 Å². The Morgan fingerprint density at radius 1 is 0.964 bits per heavy atom. The first-order valence-electron chi connectivity index (χ1n) is 9.13. The number of nitrogens with zero attached hydrogens (tertiary/aromatic N) is 2. The molecule has 9 heteroatoms. The summed E-state index contributed by atoms with van der Waals surface area (Å²) in [6.45, 7) is 7.50. The van der Waals surface area contributed by atoms with Crippen LogP contribution in [0.4, 0.5) is 28.4 Å². The molecule has 3 rings (SSSR count). The summed E-state index contributed by atoms with van der Waals surface area (Å²) in [5, 5.41) is 2.63. The summed E-state index contributed by atoms with van der Waals surface area (Å²) in [6.07, 6.45) is -4.75. The summed E-state index contributed by atoms with van der Waals surface area (Å²) in [7, 11) is 0. The molecule has 3 amide bonds. The van der Waals surface area contributed by atoms with Gasteiger partial charge in [-0.15, -0.1) is 0 Å². The topological polar surface area (TPSA) is 61.9 Å². The number of amides is 3. The number of carbonyl (C=O) groups is 2. The molecule has 1 N–H and O–H groups in total. The zero-order chi connectivity index (χ0) is 20.7. The molecule has 1 aromatic rings. The minimum Gasteiger partial charge on any atom is -0.444 e. The van der Waals surface area contributed by atoms with Gasteiger partial charge in [-0.1, -0.05) is 0 Å². The van der Waals surface area contributed by atoms with Crippen LogP contribution in [0.25, 0.3) is 0 Å². The summed E-state index contributed by atoms with van der Waals surface area (Å²) in [5.41, 5.74) is -1.00. The van der Waals surface area contributed by atoms with Gasteiger partial charge >= 0.3 is 18.3 Å². The van der Waals surface area contributed by atoms with E-state index < -0.39 is 17.3 Å². The summed E-state index contributed by atoms with van der Waals surface area (Å²) in [6, 6.07) is 4.00. The highest BCUT2D eigenvalue weighted by atomic mass is 19.4. The molecule has 0 spiro atoms. The molecule has 0 bridgehead atoms. The van der Waals surface area contributed by atoms with E-state index in [1.54, 1.807) is 9.80 Å². The summed E-state index contributed by atoms with van der Waals surface area (Å²) >= 11 is 0. The summed E-state index contributed by atoms with van der Waals surface area (Å²) in [4.78, 5) is 27.9. The SMILES string of the molecule is CC(C)(C)OC(=O)N1CC2CN(C(=O)Nc3ccc(C(F)(F)F)cc3)CC2C1. The third kappa shape index (κ3) is 4.69. The standard InChI is InChI=1S/C19H24F3N3O3/c1-18(2,3)28-17(27)25-10-12-8-24(9-13(12)11-25)16(26)23-15-6-4-14(5-7-15)19(20,21)22/h4-7,12-13H,8-11H2,1-3H3,(H,23,26). The maximum Gasteiger partial charge on any atom is 0.416 e. The van der Waals surface area contributed by atoms with E-state index in [0.717, 1.165) is 12.1 Å². The third-order valence-electron chi connectivity index (χ3n) is 4.89. The smallest absolute Gasteiger partial charge is 0.416 e. The Morgan fingerprint density at radius 2 is 1.46 bits per heavy atom. The fourth-order valence-electron chi connectivity index (χ4n) is 3.58. The maximum absolute atomic E-state index is 12.6. The van der Waals surface area contributed by atoms with E-state index in [9.17, 15) is 22.8 Å². The molecule has 2 atom stereocenters. The highest BCUT2D eigenvalue weighted by Gasteiger charge is 2.44. The van der Waals surface area contributed by atoms with Gasteiger partial charge in [0, 0.05) is 43.7 Å². The number of alkyl halides is 3. The molecule has 2 heterocycles. The number of likely N-dealkylation sites (tertiary alicyclic amines) is 2. The molecule has 2 unspecified atom stereocenters. The molecule has 6 nitrogen and oxygen atoms in total. The van der Waals surface area contributed by atoms with E-state index in [1.165, 1.54) is 12.1 Å². The van der Waals surface area contributed by atoms with Crippen molar-refractivity contribution in [3.05, 3.63) is 29.8 Å². The van der Waals surface area contributed by atoms with Gasteiger partial charge in [-0.05, 0) is 45.0 Å². The van der Waals surface area contributed by atoms with E-state index in [0.29, 0.717) is 31.9 Å². The highest BCUT2D eigenvalue weighted by Crippen LogP contribution is 2.33. The number of rotatable bonds is 1. The molecule has 0 radical (unpaired) electrons. The molecule has 28 heavy (non-hydrogen) atoms. The van der Waals surface area contributed by atoms with Gasteiger partial charge in [-0.2, -0.15) is 13.2 Å². The van der Waals surface area contributed by atoms with Crippen LogP contribution in [-0.4, -0.2) is 53.7 Å². The molecule has 154 valence electrons. The Kier molecular flexibility index (Phi) is 5.20. The zero-order valence-electron chi connectivity index (χ0n) is 16.0. The summed E-state index contributed by atoms with van der Waals surface area (Å²) < 4.78 is 43.2. The van der Waals surface area contributed by atoms with Gasteiger partial charge in [-0.3, -0.25) is 0 Å². The second-order valence-corrected chi connectivity index (χ2v) is 8.32.